The molecule has 0 aliphatic rings. The molecule has 1 atom stereocenters. The summed E-state index contributed by atoms with van der Waals surface area (Å²) in [5, 5.41) is 9.59. The first-order chi connectivity index (χ1) is 29.6. The molecule has 60 heavy (non-hydrogen) atoms. The molecule has 0 amide bonds. The summed E-state index contributed by atoms with van der Waals surface area (Å²) < 4.78 is 10.6. The molecular weight excluding hydrogens is 741 g/mol. The van der Waals surface area contributed by atoms with E-state index in [1.165, 1.54) is 51.4 Å². The highest BCUT2D eigenvalue weighted by atomic mass is 16.6. The fourth-order valence-electron chi connectivity index (χ4n) is 6.14. The SMILES string of the molecule is CC/C=C\C/C=C\C/C=C\C/C=C\C/C=C\C/C=C\C/C=C\C/C=C\CCCCCCCCCCC(=O)OC(CO)COC(=O)CCCCCCC/C=C\C/C=C\CCC. The number of ether oxygens (including phenoxy) is 2. The van der Waals surface area contributed by atoms with Gasteiger partial charge in [-0.15, -0.1) is 0 Å². The second-order valence-electron chi connectivity index (χ2n) is 15.4. The van der Waals surface area contributed by atoms with Gasteiger partial charge in [-0.2, -0.15) is 0 Å². The van der Waals surface area contributed by atoms with Crippen molar-refractivity contribution in [2.24, 2.45) is 0 Å². The third-order valence-electron chi connectivity index (χ3n) is 9.72. The van der Waals surface area contributed by atoms with E-state index in [9.17, 15) is 14.7 Å². The van der Waals surface area contributed by atoms with Crippen molar-refractivity contribution in [2.45, 2.75) is 200 Å². The standard InChI is InChI=1S/C55H88O5/c1-3-5-7-9-11-13-15-17-18-19-20-21-22-23-24-25-26-27-28-29-30-31-32-33-34-35-36-38-40-42-44-46-48-50-55(58)60-53(51-56)52-59-54(57)49-47-45-43-41-39-37-16-14-12-10-8-6-4-2/h5,7-8,10-11,13-14,16-18,20-21,23-24,26-27,29-30,32-33,53,56H,3-4,6,9,12,15,19,22,25,28,31,34-52H2,1-2H3/b7-5-,10-8-,13-11-,16-14-,18-17-,21-20-,24-23-,27-26-,30-29-,33-32-. The Morgan fingerprint density at radius 3 is 1.08 bits per heavy atom. The van der Waals surface area contributed by atoms with Crippen molar-refractivity contribution in [3.63, 3.8) is 0 Å². The van der Waals surface area contributed by atoms with Crippen molar-refractivity contribution in [2.75, 3.05) is 13.2 Å². The fraction of sp³-hybridized carbons (Fsp3) is 0.600. The van der Waals surface area contributed by atoms with Gasteiger partial charge in [-0.05, 0) is 103 Å². The minimum absolute atomic E-state index is 0.0837. The van der Waals surface area contributed by atoms with E-state index >= 15 is 0 Å². The lowest BCUT2D eigenvalue weighted by atomic mass is 10.1. The van der Waals surface area contributed by atoms with Crippen LogP contribution in [0.5, 0.6) is 0 Å². The summed E-state index contributed by atoms with van der Waals surface area (Å²) in [4.78, 5) is 24.3. The van der Waals surface area contributed by atoms with Gasteiger partial charge in [-0.1, -0.05) is 200 Å². The second-order valence-corrected chi connectivity index (χ2v) is 15.4. The lowest BCUT2D eigenvalue weighted by Gasteiger charge is -2.15. The molecule has 0 saturated heterocycles. The molecule has 1 N–H and O–H groups in total. The average Bonchev–Trinajstić information content (AvgIpc) is 3.25. The summed E-state index contributed by atoms with van der Waals surface area (Å²) in [6.07, 6.45) is 72.8. The second kappa shape index (κ2) is 49.7. The molecule has 1 unspecified atom stereocenters. The van der Waals surface area contributed by atoms with Crippen molar-refractivity contribution < 1.29 is 24.2 Å². The van der Waals surface area contributed by atoms with Crippen LogP contribution in [0, 0.1) is 0 Å². The van der Waals surface area contributed by atoms with Gasteiger partial charge < -0.3 is 14.6 Å². The van der Waals surface area contributed by atoms with Crippen molar-refractivity contribution in [3.05, 3.63) is 122 Å². The van der Waals surface area contributed by atoms with Gasteiger partial charge in [0.2, 0.25) is 0 Å². The predicted molar refractivity (Wildman–Crippen MR) is 260 cm³/mol. The molecule has 338 valence electrons. The molecule has 0 bridgehead atoms. The van der Waals surface area contributed by atoms with Crippen molar-refractivity contribution in [3.8, 4) is 0 Å². The zero-order chi connectivity index (χ0) is 43.5. The van der Waals surface area contributed by atoms with Gasteiger partial charge in [0, 0.05) is 12.8 Å². The Morgan fingerprint density at radius 2 is 0.717 bits per heavy atom. The van der Waals surface area contributed by atoms with Crippen LogP contribution in [-0.2, 0) is 19.1 Å². The number of allylic oxidation sites excluding steroid dienone is 20. The Bertz CT molecular complexity index is 1260. The maximum Gasteiger partial charge on any atom is 0.306 e. The number of aliphatic hydroxyl groups excluding tert-OH is 1. The van der Waals surface area contributed by atoms with Crippen LogP contribution >= 0.6 is 0 Å². The topological polar surface area (TPSA) is 72.8 Å². The maximum absolute atomic E-state index is 12.2. The molecule has 0 spiro atoms. The molecule has 0 aromatic rings. The van der Waals surface area contributed by atoms with Crippen molar-refractivity contribution in [1.82, 2.24) is 0 Å². The zero-order valence-electron chi connectivity index (χ0n) is 38.4. The third kappa shape index (κ3) is 47.0. The highest BCUT2D eigenvalue weighted by Crippen LogP contribution is 2.13. The fourth-order valence-corrected chi connectivity index (χ4v) is 6.14. The van der Waals surface area contributed by atoms with E-state index in [1.54, 1.807) is 0 Å². The van der Waals surface area contributed by atoms with E-state index in [0.717, 1.165) is 116 Å². The molecule has 0 aromatic heterocycles. The number of carbonyl (C=O) groups is 2. The molecule has 0 radical (unpaired) electrons. The third-order valence-corrected chi connectivity index (χ3v) is 9.72. The van der Waals surface area contributed by atoms with Gasteiger partial charge in [0.05, 0.1) is 6.61 Å². The van der Waals surface area contributed by atoms with Crippen LogP contribution in [0.15, 0.2) is 122 Å². The largest absolute Gasteiger partial charge is 0.462 e. The highest BCUT2D eigenvalue weighted by molar-refractivity contribution is 5.70. The van der Waals surface area contributed by atoms with E-state index in [1.807, 2.05) is 0 Å². The lowest BCUT2D eigenvalue weighted by molar-refractivity contribution is -0.161. The van der Waals surface area contributed by atoms with Crippen LogP contribution in [-0.4, -0.2) is 36.4 Å². The zero-order valence-corrected chi connectivity index (χ0v) is 38.4. The van der Waals surface area contributed by atoms with Crippen LogP contribution in [0.25, 0.3) is 0 Å². The minimum Gasteiger partial charge on any atom is -0.462 e. The normalized spacial score (nSPS) is 13.3. The summed E-state index contributed by atoms with van der Waals surface area (Å²) in [6.45, 7) is 3.92. The van der Waals surface area contributed by atoms with Crippen LogP contribution in [0.2, 0.25) is 0 Å². The number of hydrogen-bond acceptors (Lipinski definition) is 5. The minimum atomic E-state index is -0.790. The van der Waals surface area contributed by atoms with Crippen molar-refractivity contribution in [1.29, 1.82) is 0 Å². The van der Waals surface area contributed by atoms with Crippen LogP contribution in [0.3, 0.4) is 0 Å². The van der Waals surface area contributed by atoms with Gasteiger partial charge in [-0.3, -0.25) is 9.59 Å². The summed E-state index contributed by atoms with van der Waals surface area (Å²) in [7, 11) is 0. The Balaban J connectivity index is 3.62. The molecule has 0 rings (SSSR count). The molecule has 5 nitrogen and oxygen atoms in total. The average molecular weight is 829 g/mol. The molecule has 0 aliphatic heterocycles. The van der Waals surface area contributed by atoms with E-state index in [4.69, 9.17) is 9.47 Å². The van der Waals surface area contributed by atoms with Crippen LogP contribution in [0.1, 0.15) is 194 Å². The van der Waals surface area contributed by atoms with Gasteiger partial charge >= 0.3 is 11.9 Å². The summed E-state index contributed by atoms with van der Waals surface area (Å²) >= 11 is 0. The van der Waals surface area contributed by atoms with Gasteiger partial charge in [0.15, 0.2) is 6.10 Å². The summed E-state index contributed by atoms with van der Waals surface area (Å²) in [6, 6.07) is 0. The number of esters is 2. The molecule has 0 heterocycles. The number of carbonyl (C=O) groups excluding carboxylic acids is 2. The van der Waals surface area contributed by atoms with Gasteiger partial charge in [0.25, 0.3) is 0 Å². The smallest absolute Gasteiger partial charge is 0.306 e. The van der Waals surface area contributed by atoms with Gasteiger partial charge in [-0.25, -0.2) is 0 Å². The number of aliphatic hydroxyl groups is 1. The van der Waals surface area contributed by atoms with Gasteiger partial charge in [0.1, 0.15) is 6.61 Å². The van der Waals surface area contributed by atoms with Crippen molar-refractivity contribution >= 4 is 11.9 Å². The summed E-state index contributed by atoms with van der Waals surface area (Å²) in [5.41, 5.74) is 0. The predicted octanol–water partition coefficient (Wildman–Crippen LogP) is 16.0. The monoisotopic (exact) mass is 829 g/mol. The first-order valence-corrected chi connectivity index (χ1v) is 24.1. The first kappa shape index (κ1) is 56.3. The molecular formula is C55H88O5. The Hall–Kier alpha value is -3.70. The van der Waals surface area contributed by atoms with E-state index in [2.05, 4.69) is 135 Å². The number of rotatable bonds is 42. The Morgan fingerprint density at radius 1 is 0.400 bits per heavy atom. The lowest BCUT2D eigenvalue weighted by Crippen LogP contribution is -2.28. The van der Waals surface area contributed by atoms with E-state index < -0.39 is 6.10 Å². The maximum atomic E-state index is 12.2. The Kier molecular flexibility index (Phi) is 46.6. The molecule has 0 aromatic carbocycles. The quantitative estimate of drug-likeness (QED) is 0.0377. The van der Waals surface area contributed by atoms with Crippen LogP contribution in [0.4, 0.5) is 0 Å². The first-order valence-electron chi connectivity index (χ1n) is 24.1. The highest BCUT2D eigenvalue weighted by Gasteiger charge is 2.16. The van der Waals surface area contributed by atoms with E-state index in [-0.39, 0.29) is 25.2 Å². The Labute approximate surface area is 369 Å². The molecule has 5 heteroatoms. The molecule has 0 fully saturated rings. The van der Waals surface area contributed by atoms with Crippen LogP contribution < -0.4 is 0 Å². The molecule has 0 aliphatic carbocycles. The number of unbranched alkanes of at least 4 members (excludes halogenated alkanes) is 14. The summed E-state index contributed by atoms with van der Waals surface area (Å²) in [5.74, 6) is -0.627. The van der Waals surface area contributed by atoms with E-state index in [0.29, 0.717) is 12.8 Å². The molecule has 0 saturated carbocycles. The number of hydrogen-bond donors (Lipinski definition) is 1.